The van der Waals surface area contributed by atoms with E-state index in [2.05, 4.69) is 15.2 Å². The first-order valence-corrected chi connectivity index (χ1v) is 9.67. The van der Waals surface area contributed by atoms with Crippen LogP contribution in [-0.4, -0.2) is 29.9 Å². The van der Waals surface area contributed by atoms with Crippen molar-refractivity contribution < 1.29 is 4.79 Å². The summed E-state index contributed by atoms with van der Waals surface area (Å²) in [6.07, 6.45) is 9.33. The molecule has 1 saturated heterocycles. The molecule has 1 aliphatic carbocycles. The number of benzene rings is 1. The van der Waals surface area contributed by atoms with E-state index in [4.69, 9.17) is 5.73 Å². The number of aliphatic imine (C=N–C) groups is 1. The molecule has 0 aromatic heterocycles. The van der Waals surface area contributed by atoms with Crippen LogP contribution in [0, 0.1) is 5.92 Å². The fraction of sp³-hybridized carbons (Fsp3) is 0.600. The van der Waals surface area contributed by atoms with Crippen LogP contribution in [0.5, 0.6) is 0 Å². The van der Waals surface area contributed by atoms with Crippen LogP contribution in [-0.2, 0) is 11.3 Å². The SMILES string of the molecule is NC(=NCc1cccc(NC(=O)C2CCCC2)c1)N1CCCCCC1. The number of hydrogen-bond acceptors (Lipinski definition) is 2. The van der Waals surface area contributed by atoms with E-state index in [1.807, 2.05) is 24.3 Å². The average molecular weight is 342 g/mol. The maximum Gasteiger partial charge on any atom is 0.227 e. The van der Waals surface area contributed by atoms with Gasteiger partial charge in [0.25, 0.3) is 0 Å². The van der Waals surface area contributed by atoms with E-state index >= 15 is 0 Å². The number of nitrogens with zero attached hydrogens (tertiary/aromatic N) is 2. The molecule has 1 saturated carbocycles. The Kier molecular flexibility index (Phi) is 6.31. The van der Waals surface area contributed by atoms with Gasteiger partial charge in [-0.1, -0.05) is 37.8 Å². The lowest BCUT2D eigenvalue weighted by molar-refractivity contribution is -0.119. The van der Waals surface area contributed by atoms with Crippen LogP contribution in [0.2, 0.25) is 0 Å². The van der Waals surface area contributed by atoms with Gasteiger partial charge in [-0.15, -0.1) is 0 Å². The number of carbonyl (C=O) groups excluding carboxylic acids is 1. The highest BCUT2D eigenvalue weighted by Gasteiger charge is 2.22. The third kappa shape index (κ3) is 5.21. The number of hydrogen-bond donors (Lipinski definition) is 2. The monoisotopic (exact) mass is 342 g/mol. The van der Waals surface area contributed by atoms with Crippen molar-refractivity contribution in [3.8, 4) is 0 Å². The lowest BCUT2D eigenvalue weighted by Crippen LogP contribution is -2.38. The Morgan fingerprint density at radius 1 is 1.12 bits per heavy atom. The van der Waals surface area contributed by atoms with E-state index in [0.29, 0.717) is 12.5 Å². The van der Waals surface area contributed by atoms with Crippen LogP contribution < -0.4 is 11.1 Å². The quantitative estimate of drug-likeness (QED) is 0.650. The predicted molar refractivity (Wildman–Crippen MR) is 102 cm³/mol. The molecule has 3 N–H and O–H groups in total. The number of carbonyl (C=O) groups is 1. The average Bonchev–Trinajstić information content (AvgIpc) is 3.03. The Hall–Kier alpha value is -2.04. The fourth-order valence-electron chi connectivity index (χ4n) is 3.75. The molecule has 1 aliphatic heterocycles. The van der Waals surface area contributed by atoms with Crippen molar-refractivity contribution in [3.05, 3.63) is 29.8 Å². The second-order valence-corrected chi connectivity index (χ2v) is 7.25. The second kappa shape index (κ2) is 8.88. The van der Waals surface area contributed by atoms with Crippen LogP contribution in [0.25, 0.3) is 0 Å². The molecule has 1 aromatic rings. The van der Waals surface area contributed by atoms with E-state index < -0.39 is 0 Å². The number of nitrogens with two attached hydrogens (primary N) is 1. The Balaban J connectivity index is 1.57. The summed E-state index contributed by atoms with van der Waals surface area (Å²) < 4.78 is 0. The lowest BCUT2D eigenvalue weighted by atomic mass is 10.1. The summed E-state index contributed by atoms with van der Waals surface area (Å²) in [6.45, 7) is 2.56. The van der Waals surface area contributed by atoms with Gasteiger partial charge in [-0.2, -0.15) is 0 Å². The molecule has 1 amide bonds. The van der Waals surface area contributed by atoms with Gasteiger partial charge in [0.1, 0.15) is 0 Å². The Morgan fingerprint density at radius 2 is 1.84 bits per heavy atom. The van der Waals surface area contributed by atoms with Crippen molar-refractivity contribution in [2.24, 2.45) is 16.6 Å². The minimum Gasteiger partial charge on any atom is -0.370 e. The van der Waals surface area contributed by atoms with Gasteiger partial charge in [-0.3, -0.25) is 4.79 Å². The molecule has 3 rings (SSSR count). The summed E-state index contributed by atoms with van der Waals surface area (Å²) in [6, 6.07) is 7.95. The molecule has 2 fully saturated rings. The number of guanidine groups is 1. The largest absolute Gasteiger partial charge is 0.370 e. The zero-order valence-corrected chi connectivity index (χ0v) is 15.0. The number of likely N-dealkylation sites (tertiary alicyclic amines) is 1. The third-order valence-electron chi connectivity index (χ3n) is 5.27. The molecule has 5 heteroatoms. The molecule has 2 aliphatic rings. The van der Waals surface area contributed by atoms with Crippen LogP contribution in [0.1, 0.15) is 56.9 Å². The number of rotatable bonds is 4. The minimum absolute atomic E-state index is 0.155. The Bertz CT molecular complexity index is 599. The molecule has 0 unspecified atom stereocenters. The molecule has 25 heavy (non-hydrogen) atoms. The smallest absolute Gasteiger partial charge is 0.227 e. The Labute approximate surface area is 150 Å². The highest BCUT2D eigenvalue weighted by atomic mass is 16.1. The van der Waals surface area contributed by atoms with Crippen LogP contribution in [0.4, 0.5) is 5.69 Å². The van der Waals surface area contributed by atoms with Gasteiger partial charge >= 0.3 is 0 Å². The molecule has 0 spiro atoms. The molecule has 5 nitrogen and oxygen atoms in total. The van der Waals surface area contributed by atoms with Gasteiger partial charge < -0.3 is 16.0 Å². The maximum atomic E-state index is 12.3. The van der Waals surface area contributed by atoms with Crippen LogP contribution >= 0.6 is 0 Å². The molecule has 1 aromatic carbocycles. The van der Waals surface area contributed by atoms with Gasteiger partial charge in [0.15, 0.2) is 5.96 Å². The van der Waals surface area contributed by atoms with Gasteiger partial charge in [-0.05, 0) is 43.4 Å². The maximum absolute atomic E-state index is 12.3. The van der Waals surface area contributed by atoms with Crippen molar-refractivity contribution >= 4 is 17.6 Å². The van der Waals surface area contributed by atoms with E-state index in [1.54, 1.807) is 0 Å². The van der Waals surface area contributed by atoms with Crippen molar-refractivity contribution in [1.82, 2.24) is 4.90 Å². The normalized spacial score (nSPS) is 19.7. The minimum atomic E-state index is 0.155. The third-order valence-corrected chi connectivity index (χ3v) is 5.27. The molecular formula is C20H30N4O. The standard InChI is InChI=1S/C20H30N4O/c21-20(24-12-5-1-2-6-13-24)22-15-16-8-7-11-18(14-16)23-19(25)17-9-3-4-10-17/h7-8,11,14,17H,1-6,9-10,12-13,15H2,(H2,21,22)(H,23,25). The zero-order chi connectivity index (χ0) is 17.5. The fourth-order valence-corrected chi connectivity index (χ4v) is 3.75. The number of amides is 1. The topological polar surface area (TPSA) is 70.7 Å². The number of nitrogens with one attached hydrogen (secondary N) is 1. The van der Waals surface area contributed by atoms with Crippen molar-refractivity contribution in [2.45, 2.75) is 57.9 Å². The summed E-state index contributed by atoms with van der Waals surface area (Å²) in [7, 11) is 0. The molecular weight excluding hydrogens is 312 g/mol. The van der Waals surface area contributed by atoms with Crippen molar-refractivity contribution in [1.29, 1.82) is 0 Å². The molecule has 136 valence electrons. The second-order valence-electron chi connectivity index (χ2n) is 7.25. The molecule has 0 atom stereocenters. The summed E-state index contributed by atoms with van der Waals surface area (Å²) in [4.78, 5) is 19.0. The predicted octanol–water partition coefficient (Wildman–Crippen LogP) is 3.51. The van der Waals surface area contributed by atoms with Crippen LogP contribution in [0.15, 0.2) is 29.3 Å². The van der Waals surface area contributed by atoms with Crippen molar-refractivity contribution in [3.63, 3.8) is 0 Å². The van der Waals surface area contributed by atoms with Crippen molar-refractivity contribution in [2.75, 3.05) is 18.4 Å². The summed E-state index contributed by atoms with van der Waals surface area (Å²) in [5, 5.41) is 3.05. The first-order valence-electron chi connectivity index (χ1n) is 9.67. The summed E-state index contributed by atoms with van der Waals surface area (Å²) >= 11 is 0. The molecule has 0 radical (unpaired) electrons. The number of anilines is 1. The molecule has 1 heterocycles. The van der Waals surface area contributed by atoms with Gasteiger partial charge in [-0.25, -0.2) is 4.99 Å². The van der Waals surface area contributed by atoms with Crippen LogP contribution in [0.3, 0.4) is 0 Å². The van der Waals surface area contributed by atoms with E-state index in [0.717, 1.165) is 37.2 Å². The first kappa shape index (κ1) is 17.8. The zero-order valence-electron chi connectivity index (χ0n) is 15.0. The van der Waals surface area contributed by atoms with E-state index in [9.17, 15) is 4.79 Å². The first-order chi connectivity index (χ1) is 12.2. The summed E-state index contributed by atoms with van der Waals surface area (Å²) in [5.41, 5.74) is 8.10. The highest BCUT2D eigenvalue weighted by Crippen LogP contribution is 2.26. The summed E-state index contributed by atoms with van der Waals surface area (Å²) in [5.74, 6) is 0.977. The van der Waals surface area contributed by atoms with Gasteiger partial charge in [0, 0.05) is 24.7 Å². The van der Waals surface area contributed by atoms with Gasteiger partial charge in [0.05, 0.1) is 6.54 Å². The Morgan fingerprint density at radius 3 is 2.56 bits per heavy atom. The van der Waals surface area contributed by atoms with E-state index in [-0.39, 0.29) is 11.8 Å². The highest BCUT2D eigenvalue weighted by molar-refractivity contribution is 5.92. The molecule has 0 bridgehead atoms. The lowest BCUT2D eigenvalue weighted by Gasteiger charge is -2.21. The van der Waals surface area contributed by atoms with E-state index in [1.165, 1.54) is 38.5 Å². The van der Waals surface area contributed by atoms with Gasteiger partial charge in [0.2, 0.25) is 5.91 Å².